The van der Waals surface area contributed by atoms with Gasteiger partial charge >= 0.3 is 7.69 Å². The molecule has 0 spiro atoms. The molecule has 0 aliphatic heterocycles. The molecule has 0 bridgehead atoms. The van der Waals surface area contributed by atoms with Gasteiger partial charge in [0, 0.05) is 27.4 Å². The fourth-order valence-electron chi connectivity index (χ4n) is 2.96. The quantitative estimate of drug-likeness (QED) is 0.138. The van der Waals surface area contributed by atoms with E-state index in [4.69, 9.17) is 33.0 Å². The van der Waals surface area contributed by atoms with E-state index in [1.54, 1.807) is 26.0 Å². The van der Waals surface area contributed by atoms with E-state index in [1.165, 1.54) is 43.5 Å². The lowest BCUT2D eigenvalue weighted by Gasteiger charge is -2.08. The number of rotatable bonds is 4. The van der Waals surface area contributed by atoms with Crippen LogP contribution in [0.15, 0.2) is 53.0 Å². The molecule has 39 heavy (non-hydrogen) atoms. The monoisotopic (exact) mass is 645 g/mol. The summed E-state index contributed by atoms with van der Waals surface area (Å²) in [7, 11) is 1.87. The van der Waals surface area contributed by atoms with Crippen LogP contribution in [-0.4, -0.2) is 29.8 Å². The molecule has 13 heteroatoms. The summed E-state index contributed by atoms with van der Waals surface area (Å²) >= 11 is 14.1. The van der Waals surface area contributed by atoms with Crippen LogP contribution in [0.2, 0.25) is 10.3 Å². The SMILES string of the molecule is COc1ccc(F)c(O[B]O)c1.Cc1ccc(F)c(-c2cc(F)c(Cl)nc2C)c1.Cc1nc(Cl)c(F)cc1Br. The van der Waals surface area contributed by atoms with Crippen molar-refractivity contribution in [1.82, 2.24) is 9.97 Å². The minimum Gasteiger partial charge on any atom is -0.535 e. The molecule has 1 radical (unpaired) electrons. The van der Waals surface area contributed by atoms with Gasteiger partial charge in [-0.1, -0.05) is 34.8 Å². The van der Waals surface area contributed by atoms with Crippen molar-refractivity contribution >= 4 is 46.8 Å². The lowest BCUT2D eigenvalue weighted by Crippen LogP contribution is -2.01. The van der Waals surface area contributed by atoms with Gasteiger partial charge in [-0.3, -0.25) is 0 Å². The predicted octanol–water partition coefficient (Wildman–Crippen LogP) is 7.98. The van der Waals surface area contributed by atoms with Crippen LogP contribution in [0.1, 0.15) is 17.0 Å². The average Bonchev–Trinajstić information content (AvgIpc) is 2.89. The maximum absolute atomic E-state index is 13.7. The van der Waals surface area contributed by atoms with Crippen LogP contribution in [-0.2, 0) is 0 Å². The Balaban J connectivity index is 0.000000214. The number of aromatic nitrogens is 2. The van der Waals surface area contributed by atoms with Gasteiger partial charge in [-0.15, -0.1) is 0 Å². The minimum atomic E-state index is -0.645. The van der Waals surface area contributed by atoms with Crippen LogP contribution in [0.4, 0.5) is 17.6 Å². The van der Waals surface area contributed by atoms with Gasteiger partial charge in [-0.25, -0.2) is 27.5 Å². The Morgan fingerprint density at radius 1 is 0.769 bits per heavy atom. The second-order valence-corrected chi connectivity index (χ2v) is 9.30. The smallest absolute Gasteiger partial charge is 0.535 e. The van der Waals surface area contributed by atoms with Crippen LogP contribution in [0.25, 0.3) is 11.1 Å². The summed E-state index contributed by atoms with van der Waals surface area (Å²) in [4.78, 5) is 7.56. The zero-order chi connectivity index (χ0) is 29.3. The Kier molecular flexibility index (Phi) is 12.5. The molecular formula is C26H21BBrCl2F4N2O3. The van der Waals surface area contributed by atoms with E-state index < -0.39 is 23.3 Å². The van der Waals surface area contributed by atoms with Gasteiger partial charge in [-0.2, -0.15) is 0 Å². The number of methoxy groups -OCH3 is 1. The molecule has 2 heterocycles. The molecule has 0 aliphatic rings. The van der Waals surface area contributed by atoms with Crippen LogP contribution >= 0.6 is 39.1 Å². The van der Waals surface area contributed by atoms with E-state index in [2.05, 4.69) is 30.6 Å². The Morgan fingerprint density at radius 3 is 1.95 bits per heavy atom. The first-order chi connectivity index (χ1) is 18.4. The number of benzene rings is 2. The van der Waals surface area contributed by atoms with Gasteiger partial charge < -0.3 is 14.4 Å². The van der Waals surface area contributed by atoms with Crippen LogP contribution in [0, 0.1) is 44.0 Å². The molecule has 2 aromatic heterocycles. The third kappa shape index (κ3) is 9.38. The average molecular weight is 647 g/mol. The van der Waals surface area contributed by atoms with E-state index in [-0.39, 0.29) is 16.1 Å². The molecule has 0 unspecified atom stereocenters. The van der Waals surface area contributed by atoms with Crippen molar-refractivity contribution in [3.8, 4) is 22.6 Å². The maximum atomic E-state index is 13.7. The van der Waals surface area contributed by atoms with Crippen molar-refractivity contribution in [2.75, 3.05) is 7.11 Å². The largest absolute Gasteiger partial charge is 0.569 e. The first-order valence-corrected chi connectivity index (χ1v) is 12.5. The molecule has 4 aromatic rings. The van der Waals surface area contributed by atoms with Gasteiger partial charge in [-0.05, 0) is 73.1 Å². The van der Waals surface area contributed by atoms with Crippen molar-refractivity contribution in [3.05, 3.63) is 104 Å². The van der Waals surface area contributed by atoms with Crippen LogP contribution in [0.5, 0.6) is 11.5 Å². The van der Waals surface area contributed by atoms with E-state index in [1.807, 2.05) is 6.92 Å². The van der Waals surface area contributed by atoms with E-state index in [0.717, 1.165) is 5.56 Å². The second kappa shape index (κ2) is 15.1. The highest BCUT2D eigenvalue weighted by atomic mass is 79.9. The summed E-state index contributed by atoms with van der Waals surface area (Å²) in [5.74, 6) is -1.71. The lowest BCUT2D eigenvalue weighted by molar-refractivity contribution is 0.401. The van der Waals surface area contributed by atoms with Crippen molar-refractivity contribution < 1.29 is 32.0 Å². The van der Waals surface area contributed by atoms with Crippen molar-refractivity contribution in [3.63, 3.8) is 0 Å². The first kappa shape index (κ1) is 32.4. The Hall–Kier alpha value is -2.86. The summed E-state index contributed by atoms with van der Waals surface area (Å²) in [6.45, 7) is 5.26. The van der Waals surface area contributed by atoms with Crippen LogP contribution < -0.4 is 9.39 Å². The summed E-state index contributed by atoms with van der Waals surface area (Å²) in [5.41, 5.74) is 2.85. The molecule has 0 fully saturated rings. The molecule has 0 aliphatic carbocycles. The molecule has 0 amide bonds. The molecule has 0 saturated carbocycles. The number of ether oxygens (including phenoxy) is 1. The first-order valence-electron chi connectivity index (χ1n) is 10.9. The van der Waals surface area contributed by atoms with Gasteiger partial charge in [0.2, 0.25) is 0 Å². The molecule has 4 rings (SSSR count). The Bertz CT molecular complexity index is 1400. The van der Waals surface area contributed by atoms with Gasteiger partial charge in [0.05, 0.1) is 12.8 Å². The number of nitrogens with zero attached hydrogens (tertiary/aromatic N) is 2. The summed E-state index contributed by atoms with van der Waals surface area (Å²) in [5, 5.41) is 7.98. The number of halogens is 7. The predicted molar refractivity (Wildman–Crippen MR) is 147 cm³/mol. The lowest BCUT2D eigenvalue weighted by atomic mass is 10.0. The fourth-order valence-corrected chi connectivity index (χ4v) is 3.61. The summed E-state index contributed by atoms with van der Waals surface area (Å²) in [6, 6.07) is 11.2. The zero-order valence-corrected chi connectivity index (χ0v) is 24.1. The maximum Gasteiger partial charge on any atom is 0.569 e. The molecule has 5 nitrogen and oxygen atoms in total. The normalized spacial score (nSPS) is 10.1. The van der Waals surface area contributed by atoms with E-state index >= 15 is 0 Å². The van der Waals surface area contributed by atoms with Crippen molar-refractivity contribution in [1.29, 1.82) is 0 Å². The van der Waals surface area contributed by atoms with Crippen LogP contribution in [0.3, 0.4) is 0 Å². The van der Waals surface area contributed by atoms with E-state index in [0.29, 0.717) is 40.4 Å². The zero-order valence-electron chi connectivity index (χ0n) is 21.0. The highest BCUT2D eigenvalue weighted by molar-refractivity contribution is 9.10. The van der Waals surface area contributed by atoms with Gasteiger partial charge in [0.15, 0.2) is 27.8 Å². The van der Waals surface area contributed by atoms with Gasteiger partial charge in [0.25, 0.3) is 0 Å². The Morgan fingerprint density at radius 2 is 1.36 bits per heavy atom. The number of hydrogen-bond donors (Lipinski definition) is 1. The third-order valence-corrected chi connectivity index (χ3v) is 6.25. The summed E-state index contributed by atoms with van der Waals surface area (Å²) < 4.78 is 62.3. The molecule has 1 N–H and O–H groups in total. The molecular weight excluding hydrogens is 626 g/mol. The third-order valence-electron chi connectivity index (χ3n) is 4.92. The number of pyridine rings is 2. The standard InChI is InChI=1S/C13H10ClF2N.C7H7BFO3.C6H4BrClFN/c1-7-3-4-11(15)10(5-7)9-6-12(16)13(14)17-8(9)2;1-11-5-2-3-6(9)7(4-5)12-8-10;1-3-4(7)2-5(9)6(8)10-3/h3-6H,1-2H3;2-4,10H,1H3;2H,1H3. The second-order valence-electron chi connectivity index (χ2n) is 7.73. The topological polar surface area (TPSA) is 64.5 Å². The van der Waals surface area contributed by atoms with Gasteiger partial charge in [0.1, 0.15) is 17.3 Å². The van der Waals surface area contributed by atoms with E-state index in [9.17, 15) is 17.6 Å². The molecule has 205 valence electrons. The van der Waals surface area contributed by atoms with Crippen molar-refractivity contribution in [2.24, 2.45) is 0 Å². The highest BCUT2D eigenvalue weighted by Crippen LogP contribution is 2.29. The molecule has 2 aromatic carbocycles. The fraction of sp³-hybridized carbons (Fsp3) is 0.154. The summed E-state index contributed by atoms with van der Waals surface area (Å²) in [6.07, 6.45) is 0. The molecule has 0 atom stereocenters. The Labute approximate surface area is 242 Å². The number of aryl methyl sites for hydroxylation is 3. The minimum absolute atomic E-state index is 0.0724. The highest BCUT2D eigenvalue weighted by Gasteiger charge is 2.13. The molecule has 0 saturated heterocycles. The number of hydrogen-bond acceptors (Lipinski definition) is 5. The van der Waals surface area contributed by atoms with Crippen molar-refractivity contribution in [2.45, 2.75) is 20.8 Å².